The van der Waals surface area contributed by atoms with Gasteiger partial charge in [0.15, 0.2) is 0 Å². The third-order valence-electron chi connectivity index (χ3n) is 6.28. The Hall–Kier alpha value is -2.51. The van der Waals surface area contributed by atoms with Crippen LogP contribution in [0.3, 0.4) is 0 Å². The molecule has 1 N–H and O–H groups in total. The van der Waals surface area contributed by atoms with Crippen LogP contribution in [0.2, 0.25) is 5.02 Å². The average molecular weight is 463 g/mol. The van der Waals surface area contributed by atoms with Crippen LogP contribution in [-0.2, 0) is 19.6 Å². The topological polar surface area (TPSA) is 33.1 Å². The summed E-state index contributed by atoms with van der Waals surface area (Å²) >= 11 is 6.57. The summed E-state index contributed by atoms with van der Waals surface area (Å²) in [6.07, 6.45) is -3.98. The van der Waals surface area contributed by atoms with Crippen molar-refractivity contribution in [2.45, 2.75) is 26.4 Å². The lowest BCUT2D eigenvalue weighted by atomic mass is 9.97. The number of aromatic nitrogens is 2. The number of alkyl halides is 3. The molecule has 0 amide bonds. The fraction of sp³-hybridized carbons (Fsp3) is 0.375. The maximum absolute atomic E-state index is 13.3. The summed E-state index contributed by atoms with van der Waals surface area (Å²) in [7, 11) is 1.75. The van der Waals surface area contributed by atoms with Gasteiger partial charge >= 0.3 is 6.18 Å². The Kier molecular flexibility index (Phi) is 5.98. The van der Waals surface area contributed by atoms with Crippen molar-refractivity contribution in [3.63, 3.8) is 0 Å². The lowest BCUT2D eigenvalue weighted by Gasteiger charge is -2.32. The molecule has 1 aliphatic heterocycles. The maximum atomic E-state index is 13.3. The second kappa shape index (κ2) is 8.45. The molecule has 1 aromatic heterocycles. The van der Waals surface area contributed by atoms with Gasteiger partial charge in [0.25, 0.3) is 0 Å². The lowest BCUT2D eigenvalue weighted by Crippen LogP contribution is -2.42. The standard InChI is InChI=1S/C24H26ClF3N4/c1-14-11-17(24(26,27)28)12-21-23(14)30-22(31(21)4)13-19-15(2)18(5-6-20(19)25)16(3)32-9-7-29-8-10-32/h5-6,11-12,29H,3,7-10,13H2,1-2,4H3. The van der Waals surface area contributed by atoms with Gasteiger partial charge in [-0.05, 0) is 48.7 Å². The number of aryl methyl sites for hydroxylation is 2. The molecule has 8 heteroatoms. The molecular weight excluding hydrogens is 437 g/mol. The monoisotopic (exact) mass is 462 g/mol. The van der Waals surface area contributed by atoms with Crippen LogP contribution in [-0.4, -0.2) is 40.6 Å². The van der Waals surface area contributed by atoms with Crippen LogP contribution in [0.1, 0.15) is 33.6 Å². The molecule has 0 bridgehead atoms. The van der Waals surface area contributed by atoms with Gasteiger partial charge < -0.3 is 14.8 Å². The number of hydrogen-bond acceptors (Lipinski definition) is 3. The van der Waals surface area contributed by atoms with E-state index in [1.54, 1.807) is 18.5 Å². The van der Waals surface area contributed by atoms with Crippen molar-refractivity contribution in [2.75, 3.05) is 26.2 Å². The molecule has 0 aliphatic carbocycles. The predicted molar refractivity (Wildman–Crippen MR) is 123 cm³/mol. The molecule has 1 saturated heterocycles. The minimum Gasteiger partial charge on any atom is -0.369 e. The van der Waals surface area contributed by atoms with Gasteiger partial charge in [-0.1, -0.05) is 24.2 Å². The average Bonchev–Trinajstić information content (AvgIpc) is 3.07. The molecule has 3 aromatic rings. The Morgan fingerprint density at radius 3 is 2.53 bits per heavy atom. The van der Waals surface area contributed by atoms with E-state index >= 15 is 0 Å². The highest BCUT2D eigenvalue weighted by atomic mass is 35.5. The van der Waals surface area contributed by atoms with Gasteiger partial charge in [0.05, 0.1) is 16.6 Å². The smallest absolute Gasteiger partial charge is 0.369 e. The number of nitrogens with one attached hydrogen (secondary N) is 1. The number of hydrogen-bond donors (Lipinski definition) is 1. The number of halogens is 4. The van der Waals surface area contributed by atoms with Crippen molar-refractivity contribution in [2.24, 2.45) is 7.05 Å². The normalized spacial score (nSPS) is 14.9. The first-order valence-corrected chi connectivity index (χ1v) is 10.9. The number of rotatable bonds is 4. The molecule has 4 rings (SSSR count). The largest absolute Gasteiger partial charge is 0.416 e. The Morgan fingerprint density at radius 1 is 1.19 bits per heavy atom. The Bertz CT molecular complexity index is 1190. The number of imidazole rings is 1. The van der Waals surface area contributed by atoms with E-state index in [-0.39, 0.29) is 0 Å². The van der Waals surface area contributed by atoms with Crippen molar-refractivity contribution in [1.82, 2.24) is 19.8 Å². The summed E-state index contributed by atoms with van der Waals surface area (Å²) in [5, 5.41) is 3.95. The highest BCUT2D eigenvalue weighted by Gasteiger charge is 2.32. The van der Waals surface area contributed by atoms with E-state index in [0.717, 1.165) is 60.7 Å². The van der Waals surface area contributed by atoms with Gasteiger partial charge in [-0.25, -0.2) is 4.98 Å². The van der Waals surface area contributed by atoms with Crippen molar-refractivity contribution in [1.29, 1.82) is 0 Å². The van der Waals surface area contributed by atoms with Gasteiger partial charge in [-0.3, -0.25) is 0 Å². The van der Waals surface area contributed by atoms with Gasteiger partial charge in [0.2, 0.25) is 0 Å². The van der Waals surface area contributed by atoms with Crippen LogP contribution in [0.15, 0.2) is 30.8 Å². The van der Waals surface area contributed by atoms with E-state index in [1.807, 2.05) is 19.1 Å². The first-order valence-electron chi connectivity index (χ1n) is 10.5. The molecule has 2 heterocycles. The first-order chi connectivity index (χ1) is 15.1. The number of piperazine rings is 1. The number of fused-ring (bicyclic) bond motifs is 1. The summed E-state index contributed by atoms with van der Waals surface area (Å²) in [6, 6.07) is 6.16. The van der Waals surface area contributed by atoms with Gasteiger partial charge in [-0.15, -0.1) is 0 Å². The van der Waals surface area contributed by atoms with Crippen molar-refractivity contribution >= 4 is 28.3 Å². The van der Waals surface area contributed by atoms with Crippen molar-refractivity contribution in [3.05, 3.63) is 69.5 Å². The molecule has 0 atom stereocenters. The van der Waals surface area contributed by atoms with Crippen LogP contribution >= 0.6 is 11.6 Å². The molecular formula is C24H26ClF3N4. The molecule has 2 aromatic carbocycles. The van der Waals surface area contributed by atoms with Gasteiger partial charge in [-0.2, -0.15) is 13.2 Å². The molecule has 0 unspecified atom stereocenters. The highest BCUT2D eigenvalue weighted by Crippen LogP contribution is 2.34. The fourth-order valence-electron chi connectivity index (χ4n) is 4.34. The minimum absolute atomic E-state index is 0.416. The zero-order valence-corrected chi connectivity index (χ0v) is 19.2. The van der Waals surface area contributed by atoms with Gasteiger partial charge in [0, 0.05) is 55.9 Å². The number of nitrogens with zero attached hydrogens (tertiary/aromatic N) is 3. The molecule has 0 spiro atoms. The fourth-order valence-corrected chi connectivity index (χ4v) is 4.62. The zero-order valence-electron chi connectivity index (χ0n) is 18.4. The zero-order chi connectivity index (χ0) is 23.2. The summed E-state index contributed by atoms with van der Waals surface area (Å²) < 4.78 is 41.6. The quantitative estimate of drug-likeness (QED) is 0.569. The van der Waals surface area contributed by atoms with Crippen molar-refractivity contribution in [3.8, 4) is 0 Å². The third kappa shape index (κ3) is 4.11. The van der Waals surface area contributed by atoms with E-state index in [4.69, 9.17) is 11.6 Å². The molecule has 1 fully saturated rings. The van der Waals surface area contributed by atoms with Crippen LogP contribution < -0.4 is 5.32 Å². The SMILES string of the molecule is C=C(c1ccc(Cl)c(Cc2nc3c(C)cc(C(F)(F)F)cc3n2C)c1C)N1CCNCC1. The molecule has 1 aliphatic rings. The van der Waals surface area contributed by atoms with Gasteiger partial charge in [0.1, 0.15) is 5.82 Å². The Balaban J connectivity index is 1.73. The van der Waals surface area contributed by atoms with E-state index in [1.165, 1.54) is 0 Å². The van der Waals surface area contributed by atoms with Crippen LogP contribution in [0.5, 0.6) is 0 Å². The van der Waals surface area contributed by atoms with Crippen LogP contribution in [0, 0.1) is 13.8 Å². The second-order valence-electron chi connectivity index (χ2n) is 8.30. The van der Waals surface area contributed by atoms with E-state index in [0.29, 0.717) is 33.9 Å². The summed E-state index contributed by atoms with van der Waals surface area (Å²) in [6.45, 7) is 11.6. The van der Waals surface area contributed by atoms with E-state index < -0.39 is 11.7 Å². The minimum atomic E-state index is -4.40. The maximum Gasteiger partial charge on any atom is 0.416 e. The van der Waals surface area contributed by atoms with Crippen molar-refractivity contribution < 1.29 is 13.2 Å². The molecule has 32 heavy (non-hydrogen) atoms. The van der Waals surface area contributed by atoms with Crippen LogP contribution in [0.4, 0.5) is 13.2 Å². The third-order valence-corrected chi connectivity index (χ3v) is 6.64. The summed E-state index contributed by atoms with van der Waals surface area (Å²) in [4.78, 5) is 6.93. The number of benzene rings is 2. The molecule has 0 saturated carbocycles. The first kappa shape index (κ1) is 22.7. The molecule has 0 radical (unpaired) electrons. The Labute approximate surface area is 190 Å². The van der Waals surface area contributed by atoms with Crippen LogP contribution in [0.25, 0.3) is 16.7 Å². The Morgan fingerprint density at radius 2 is 1.88 bits per heavy atom. The lowest BCUT2D eigenvalue weighted by molar-refractivity contribution is -0.137. The van der Waals surface area contributed by atoms with E-state index in [2.05, 4.69) is 21.8 Å². The van der Waals surface area contributed by atoms with E-state index in [9.17, 15) is 13.2 Å². The predicted octanol–water partition coefficient (Wildman–Crippen LogP) is 5.33. The highest BCUT2D eigenvalue weighted by molar-refractivity contribution is 6.31. The molecule has 170 valence electrons. The second-order valence-corrected chi connectivity index (χ2v) is 8.71. The summed E-state index contributed by atoms with van der Waals surface area (Å²) in [5.41, 5.74) is 4.78. The molecule has 4 nitrogen and oxygen atoms in total. The summed E-state index contributed by atoms with van der Waals surface area (Å²) in [5.74, 6) is 0.664.